The molecule has 22 heavy (non-hydrogen) atoms. The molecule has 0 saturated carbocycles. The van der Waals surface area contributed by atoms with Gasteiger partial charge in [0.05, 0.1) is 5.56 Å². The molecule has 0 heterocycles. The summed E-state index contributed by atoms with van der Waals surface area (Å²) in [6.45, 7) is 1.61. The first-order chi connectivity index (χ1) is 10.6. The highest BCUT2D eigenvalue weighted by atomic mass is 16.5. The van der Waals surface area contributed by atoms with Crippen LogP contribution in [0.2, 0.25) is 0 Å². The standard InChI is InChI=1S/C17H17NO4/c1-2-12-6-3-4-9-15(12)18-16(20)11-22-17(21)13-7-5-8-14(19)10-13/h3-10,19H,2,11H2,1H3,(H,18,20). The SMILES string of the molecule is CCc1ccccc1NC(=O)COC(=O)c1cccc(O)c1. The van der Waals surface area contributed by atoms with Gasteiger partial charge in [-0.15, -0.1) is 0 Å². The summed E-state index contributed by atoms with van der Waals surface area (Å²) < 4.78 is 4.93. The zero-order valence-electron chi connectivity index (χ0n) is 12.2. The number of nitrogens with one attached hydrogen (secondary N) is 1. The number of amides is 1. The maximum absolute atomic E-state index is 11.8. The molecular formula is C17H17NO4. The second-order valence-corrected chi connectivity index (χ2v) is 4.69. The number of aromatic hydroxyl groups is 1. The molecule has 0 fully saturated rings. The number of hydrogen-bond donors (Lipinski definition) is 2. The minimum atomic E-state index is -0.658. The van der Waals surface area contributed by atoms with Crippen LogP contribution in [0.25, 0.3) is 0 Å². The maximum Gasteiger partial charge on any atom is 0.338 e. The van der Waals surface area contributed by atoms with Gasteiger partial charge in [0.1, 0.15) is 5.75 Å². The van der Waals surface area contributed by atoms with Crippen molar-refractivity contribution < 1.29 is 19.4 Å². The van der Waals surface area contributed by atoms with Gasteiger partial charge in [-0.25, -0.2) is 4.79 Å². The van der Waals surface area contributed by atoms with Crippen LogP contribution in [0.4, 0.5) is 5.69 Å². The van der Waals surface area contributed by atoms with Crippen molar-refractivity contribution in [3.05, 3.63) is 59.7 Å². The van der Waals surface area contributed by atoms with Crippen molar-refractivity contribution in [2.45, 2.75) is 13.3 Å². The second-order valence-electron chi connectivity index (χ2n) is 4.69. The summed E-state index contributed by atoms with van der Waals surface area (Å²) >= 11 is 0. The Hall–Kier alpha value is -2.82. The number of aryl methyl sites for hydroxylation is 1. The van der Waals surface area contributed by atoms with E-state index in [1.54, 1.807) is 6.07 Å². The molecule has 5 nitrogen and oxygen atoms in total. The van der Waals surface area contributed by atoms with E-state index in [0.717, 1.165) is 12.0 Å². The van der Waals surface area contributed by atoms with Crippen LogP contribution in [0.3, 0.4) is 0 Å². The molecule has 0 aliphatic heterocycles. The molecule has 0 unspecified atom stereocenters. The number of benzene rings is 2. The van der Waals surface area contributed by atoms with Crippen LogP contribution < -0.4 is 5.32 Å². The van der Waals surface area contributed by atoms with Crippen molar-refractivity contribution in [3.8, 4) is 5.75 Å². The molecule has 0 aromatic heterocycles. The molecule has 0 spiro atoms. The van der Waals surface area contributed by atoms with Crippen LogP contribution in [0.15, 0.2) is 48.5 Å². The molecule has 0 saturated heterocycles. The lowest BCUT2D eigenvalue weighted by molar-refractivity contribution is -0.119. The summed E-state index contributed by atoms with van der Waals surface area (Å²) in [4.78, 5) is 23.6. The number of anilines is 1. The van der Waals surface area contributed by atoms with Crippen molar-refractivity contribution in [1.82, 2.24) is 0 Å². The summed E-state index contributed by atoms with van der Waals surface area (Å²) in [5, 5.41) is 12.0. The van der Waals surface area contributed by atoms with E-state index in [-0.39, 0.29) is 17.9 Å². The molecule has 5 heteroatoms. The number of phenols is 1. The van der Waals surface area contributed by atoms with Gasteiger partial charge in [0.2, 0.25) is 0 Å². The number of para-hydroxylation sites is 1. The molecule has 1 amide bonds. The van der Waals surface area contributed by atoms with E-state index in [1.165, 1.54) is 24.3 Å². The van der Waals surface area contributed by atoms with Crippen LogP contribution in [-0.4, -0.2) is 23.6 Å². The van der Waals surface area contributed by atoms with E-state index >= 15 is 0 Å². The molecule has 0 aliphatic rings. The lowest BCUT2D eigenvalue weighted by Crippen LogP contribution is -2.21. The third-order valence-corrected chi connectivity index (χ3v) is 3.09. The van der Waals surface area contributed by atoms with Gasteiger partial charge in [0.25, 0.3) is 5.91 Å². The predicted molar refractivity (Wildman–Crippen MR) is 82.8 cm³/mol. The smallest absolute Gasteiger partial charge is 0.338 e. The van der Waals surface area contributed by atoms with Gasteiger partial charge in [0.15, 0.2) is 6.61 Å². The number of esters is 1. The van der Waals surface area contributed by atoms with Crippen LogP contribution in [-0.2, 0) is 16.0 Å². The van der Waals surface area contributed by atoms with Gasteiger partial charge < -0.3 is 15.2 Å². The third kappa shape index (κ3) is 4.09. The van der Waals surface area contributed by atoms with Gasteiger partial charge in [-0.05, 0) is 36.2 Å². The monoisotopic (exact) mass is 299 g/mol. The first-order valence-corrected chi connectivity index (χ1v) is 6.94. The fourth-order valence-electron chi connectivity index (χ4n) is 1.98. The van der Waals surface area contributed by atoms with Crippen molar-refractivity contribution in [2.24, 2.45) is 0 Å². The molecule has 114 valence electrons. The zero-order valence-corrected chi connectivity index (χ0v) is 12.2. The van der Waals surface area contributed by atoms with Crippen molar-refractivity contribution in [1.29, 1.82) is 0 Å². The first kappa shape index (κ1) is 15.6. The van der Waals surface area contributed by atoms with Gasteiger partial charge in [-0.3, -0.25) is 4.79 Å². The Morgan fingerprint density at radius 1 is 1.14 bits per heavy atom. The highest BCUT2D eigenvalue weighted by Crippen LogP contribution is 2.15. The predicted octanol–water partition coefficient (Wildman–Crippen LogP) is 2.75. The summed E-state index contributed by atoms with van der Waals surface area (Å²) in [6, 6.07) is 13.2. The number of rotatable bonds is 5. The molecule has 2 N–H and O–H groups in total. The highest BCUT2D eigenvalue weighted by molar-refractivity contribution is 5.96. The van der Waals surface area contributed by atoms with Crippen molar-refractivity contribution in [2.75, 3.05) is 11.9 Å². The number of phenolic OH excluding ortho intramolecular Hbond substituents is 1. The largest absolute Gasteiger partial charge is 0.508 e. The summed E-state index contributed by atoms with van der Waals surface area (Å²) in [5.41, 5.74) is 1.92. The maximum atomic E-state index is 11.8. The first-order valence-electron chi connectivity index (χ1n) is 6.94. The van der Waals surface area contributed by atoms with E-state index in [4.69, 9.17) is 4.74 Å². The average Bonchev–Trinajstić information content (AvgIpc) is 2.53. The van der Waals surface area contributed by atoms with E-state index in [9.17, 15) is 14.7 Å². The van der Waals surface area contributed by atoms with Crippen LogP contribution in [0.5, 0.6) is 5.75 Å². The Morgan fingerprint density at radius 3 is 2.64 bits per heavy atom. The quantitative estimate of drug-likeness (QED) is 0.832. The Labute approximate surface area is 128 Å². The fraction of sp³-hybridized carbons (Fsp3) is 0.176. The van der Waals surface area contributed by atoms with E-state index in [0.29, 0.717) is 5.69 Å². The van der Waals surface area contributed by atoms with Crippen LogP contribution in [0.1, 0.15) is 22.8 Å². The van der Waals surface area contributed by atoms with E-state index in [2.05, 4.69) is 5.32 Å². The summed E-state index contributed by atoms with van der Waals surface area (Å²) in [6.07, 6.45) is 0.791. The average molecular weight is 299 g/mol. The Balaban J connectivity index is 1.91. The molecule has 0 atom stereocenters. The van der Waals surface area contributed by atoms with Gasteiger partial charge >= 0.3 is 5.97 Å². The molecule has 0 bridgehead atoms. The molecule has 2 rings (SSSR count). The molecule has 0 aliphatic carbocycles. The highest BCUT2D eigenvalue weighted by Gasteiger charge is 2.11. The summed E-state index contributed by atoms with van der Waals surface area (Å²) in [5.74, 6) is -1.10. The minimum Gasteiger partial charge on any atom is -0.508 e. The lowest BCUT2D eigenvalue weighted by atomic mass is 10.1. The lowest BCUT2D eigenvalue weighted by Gasteiger charge is -2.10. The zero-order chi connectivity index (χ0) is 15.9. The molecule has 2 aromatic rings. The van der Waals surface area contributed by atoms with Gasteiger partial charge in [-0.2, -0.15) is 0 Å². The van der Waals surface area contributed by atoms with Gasteiger partial charge in [0, 0.05) is 5.69 Å². The van der Waals surface area contributed by atoms with Gasteiger partial charge in [-0.1, -0.05) is 31.2 Å². The Bertz CT molecular complexity index is 682. The Kier molecular flexibility index (Phi) is 5.14. The molecule has 2 aromatic carbocycles. The molecular weight excluding hydrogens is 282 g/mol. The number of carbonyl (C=O) groups is 2. The van der Waals surface area contributed by atoms with Crippen molar-refractivity contribution >= 4 is 17.6 Å². The van der Waals surface area contributed by atoms with E-state index < -0.39 is 11.9 Å². The van der Waals surface area contributed by atoms with Crippen molar-refractivity contribution in [3.63, 3.8) is 0 Å². The Morgan fingerprint density at radius 2 is 1.91 bits per heavy atom. The van der Waals surface area contributed by atoms with Crippen LogP contribution in [0, 0.1) is 0 Å². The topological polar surface area (TPSA) is 75.6 Å². The van der Waals surface area contributed by atoms with Crippen LogP contribution >= 0.6 is 0 Å². The summed E-state index contributed by atoms with van der Waals surface area (Å²) in [7, 11) is 0. The van der Waals surface area contributed by atoms with E-state index in [1.807, 2.05) is 25.1 Å². The second kappa shape index (κ2) is 7.26. The molecule has 0 radical (unpaired) electrons. The number of hydrogen-bond acceptors (Lipinski definition) is 4. The normalized spacial score (nSPS) is 10.0. The fourth-order valence-corrected chi connectivity index (χ4v) is 1.98. The number of carbonyl (C=O) groups excluding carboxylic acids is 2. The third-order valence-electron chi connectivity index (χ3n) is 3.09. The number of ether oxygens (including phenoxy) is 1. The minimum absolute atomic E-state index is 0.0317.